The maximum absolute atomic E-state index is 12.9. The van der Waals surface area contributed by atoms with Crippen molar-refractivity contribution in [2.75, 3.05) is 11.9 Å². The third kappa shape index (κ3) is 3.21. The number of benzene rings is 2. The van der Waals surface area contributed by atoms with Crippen molar-refractivity contribution in [1.29, 1.82) is 0 Å². The molecule has 0 aliphatic heterocycles. The normalized spacial score (nSPS) is 10.0. The molecule has 0 fully saturated rings. The Labute approximate surface area is 100 Å². The molecule has 0 saturated carbocycles. The van der Waals surface area contributed by atoms with Gasteiger partial charge in [0, 0.05) is 18.3 Å². The van der Waals surface area contributed by atoms with Crippen molar-refractivity contribution in [2.24, 2.45) is 0 Å². The first-order chi connectivity index (χ1) is 8.28. The molecule has 0 saturated heterocycles. The van der Waals surface area contributed by atoms with E-state index in [0.717, 1.165) is 12.2 Å². The summed E-state index contributed by atoms with van der Waals surface area (Å²) in [5.74, 6) is 0.894. The predicted octanol–water partition coefficient (Wildman–Crippen LogP) is 4.05. The van der Waals surface area contributed by atoms with Gasteiger partial charge in [-0.15, -0.1) is 0 Å². The third-order valence-electron chi connectivity index (χ3n) is 2.27. The molecule has 0 unspecified atom stereocenters. The summed E-state index contributed by atoms with van der Waals surface area (Å²) in [6.07, 6.45) is 0. The van der Waals surface area contributed by atoms with E-state index in [4.69, 9.17) is 4.74 Å². The Morgan fingerprint density at radius 3 is 2.47 bits per heavy atom. The Bertz CT molecular complexity index is 482. The minimum Gasteiger partial charge on any atom is -0.457 e. The quantitative estimate of drug-likeness (QED) is 0.857. The van der Waals surface area contributed by atoms with Crippen molar-refractivity contribution in [3.8, 4) is 11.5 Å². The fraction of sp³-hybridized carbons (Fsp3) is 0.143. The van der Waals surface area contributed by atoms with Gasteiger partial charge in [0.2, 0.25) is 0 Å². The minimum absolute atomic E-state index is 0.299. The highest BCUT2D eigenvalue weighted by Gasteiger charge is 1.98. The number of nitrogens with one attached hydrogen (secondary N) is 1. The second kappa shape index (κ2) is 5.34. The Morgan fingerprint density at radius 1 is 1.06 bits per heavy atom. The summed E-state index contributed by atoms with van der Waals surface area (Å²) in [6.45, 7) is 2.92. The lowest BCUT2D eigenvalue weighted by Crippen LogP contribution is -1.95. The maximum atomic E-state index is 12.9. The third-order valence-corrected chi connectivity index (χ3v) is 2.27. The molecule has 0 atom stereocenters. The van der Waals surface area contributed by atoms with E-state index in [9.17, 15) is 4.39 Å². The molecule has 2 aromatic carbocycles. The van der Waals surface area contributed by atoms with E-state index in [0.29, 0.717) is 11.5 Å². The molecule has 88 valence electrons. The van der Waals surface area contributed by atoms with Gasteiger partial charge in [-0.2, -0.15) is 0 Å². The molecule has 0 bridgehead atoms. The summed E-state index contributed by atoms with van der Waals surface area (Å²) in [6, 6.07) is 13.7. The van der Waals surface area contributed by atoms with Crippen molar-refractivity contribution >= 4 is 5.69 Å². The number of ether oxygens (including phenoxy) is 1. The van der Waals surface area contributed by atoms with Crippen molar-refractivity contribution in [2.45, 2.75) is 6.92 Å². The zero-order chi connectivity index (χ0) is 12.1. The van der Waals surface area contributed by atoms with E-state index in [-0.39, 0.29) is 5.82 Å². The second-order valence-electron chi connectivity index (χ2n) is 3.61. The summed E-state index contributed by atoms with van der Waals surface area (Å²) >= 11 is 0. The molecule has 0 aliphatic carbocycles. The number of hydrogen-bond acceptors (Lipinski definition) is 2. The monoisotopic (exact) mass is 231 g/mol. The van der Waals surface area contributed by atoms with Crippen LogP contribution in [0.3, 0.4) is 0 Å². The fourth-order valence-corrected chi connectivity index (χ4v) is 1.51. The number of hydrogen-bond donors (Lipinski definition) is 1. The predicted molar refractivity (Wildman–Crippen MR) is 67.1 cm³/mol. The highest BCUT2D eigenvalue weighted by Crippen LogP contribution is 2.23. The van der Waals surface area contributed by atoms with Crippen molar-refractivity contribution in [1.82, 2.24) is 0 Å². The van der Waals surface area contributed by atoms with Crippen LogP contribution in [0, 0.1) is 5.82 Å². The largest absolute Gasteiger partial charge is 0.457 e. The van der Waals surface area contributed by atoms with E-state index in [2.05, 4.69) is 5.32 Å². The lowest BCUT2D eigenvalue weighted by atomic mass is 10.3. The SMILES string of the molecule is CCNc1ccc(Oc2cccc(F)c2)cc1. The fourth-order valence-electron chi connectivity index (χ4n) is 1.51. The molecule has 0 spiro atoms. The van der Waals surface area contributed by atoms with Crippen LogP contribution in [-0.4, -0.2) is 6.54 Å². The molecule has 1 N–H and O–H groups in total. The van der Waals surface area contributed by atoms with Crippen LogP contribution in [0.4, 0.5) is 10.1 Å². The molecule has 0 amide bonds. The van der Waals surface area contributed by atoms with Gasteiger partial charge >= 0.3 is 0 Å². The van der Waals surface area contributed by atoms with Crippen LogP contribution in [0.25, 0.3) is 0 Å². The van der Waals surface area contributed by atoms with Gasteiger partial charge in [0.05, 0.1) is 0 Å². The van der Waals surface area contributed by atoms with E-state index in [1.54, 1.807) is 12.1 Å². The molecule has 0 aliphatic rings. The number of anilines is 1. The first-order valence-electron chi connectivity index (χ1n) is 5.55. The molecule has 0 heterocycles. The van der Waals surface area contributed by atoms with Gasteiger partial charge in [0.25, 0.3) is 0 Å². The van der Waals surface area contributed by atoms with E-state index in [1.807, 2.05) is 31.2 Å². The molecule has 2 rings (SSSR count). The summed E-state index contributed by atoms with van der Waals surface area (Å²) < 4.78 is 18.5. The van der Waals surface area contributed by atoms with Crippen LogP contribution in [-0.2, 0) is 0 Å². The summed E-state index contributed by atoms with van der Waals surface area (Å²) in [5.41, 5.74) is 1.04. The average molecular weight is 231 g/mol. The first kappa shape index (κ1) is 11.5. The van der Waals surface area contributed by atoms with E-state index in [1.165, 1.54) is 12.1 Å². The van der Waals surface area contributed by atoms with E-state index < -0.39 is 0 Å². The summed E-state index contributed by atoms with van der Waals surface area (Å²) in [4.78, 5) is 0. The molecule has 2 nitrogen and oxygen atoms in total. The molecule has 0 aromatic heterocycles. The highest BCUT2D eigenvalue weighted by molar-refractivity contribution is 5.47. The zero-order valence-corrected chi connectivity index (χ0v) is 9.61. The van der Waals surface area contributed by atoms with Gasteiger partial charge in [0.1, 0.15) is 17.3 Å². The van der Waals surface area contributed by atoms with Crippen molar-refractivity contribution < 1.29 is 9.13 Å². The lowest BCUT2D eigenvalue weighted by Gasteiger charge is -2.07. The maximum Gasteiger partial charge on any atom is 0.130 e. The van der Waals surface area contributed by atoms with Crippen LogP contribution < -0.4 is 10.1 Å². The Kier molecular flexibility index (Phi) is 3.60. The van der Waals surface area contributed by atoms with Gasteiger partial charge in [-0.1, -0.05) is 6.07 Å². The summed E-state index contributed by atoms with van der Waals surface area (Å²) in [7, 11) is 0. The zero-order valence-electron chi connectivity index (χ0n) is 9.61. The molecular weight excluding hydrogens is 217 g/mol. The topological polar surface area (TPSA) is 21.3 Å². The molecule has 2 aromatic rings. The van der Waals surface area contributed by atoms with Crippen molar-refractivity contribution in [3.05, 3.63) is 54.3 Å². The highest BCUT2D eigenvalue weighted by atomic mass is 19.1. The first-order valence-corrected chi connectivity index (χ1v) is 5.55. The van der Waals surface area contributed by atoms with Crippen LogP contribution >= 0.6 is 0 Å². The molecule has 0 radical (unpaired) electrons. The molecular formula is C14H14FNO. The molecule has 3 heteroatoms. The van der Waals surface area contributed by atoms with Crippen LogP contribution in [0.1, 0.15) is 6.92 Å². The Balaban J connectivity index is 2.08. The van der Waals surface area contributed by atoms with Gasteiger partial charge in [-0.25, -0.2) is 4.39 Å². The Hall–Kier alpha value is -2.03. The smallest absolute Gasteiger partial charge is 0.130 e. The van der Waals surface area contributed by atoms with Crippen LogP contribution in [0.15, 0.2) is 48.5 Å². The van der Waals surface area contributed by atoms with Gasteiger partial charge in [-0.05, 0) is 43.3 Å². The van der Waals surface area contributed by atoms with Crippen LogP contribution in [0.2, 0.25) is 0 Å². The second-order valence-corrected chi connectivity index (χ2v) is 3.61. The number of halogens is 1. The molecule has 17 heavy (non-hydrogen) atoms. The van der Waals surface area contributed by atoms with Gasteiger partial charge < -0.3 is 10.1 Å². The van der Waals surface area contributed by atoms with Gasteiger partial charge in [-0.3, -0.25) is 0 Å². The average Bonchev–Trinajstić information content (AvgIpc) is 2.32. The van der Waals surface area contributed by atoms with Gasteiger partial charge in [0.15, 0.2) is 0 Å². The standard InChI is InChI=1S/C14H14FNO/c1-2-16-12-6-8-13(9-7-12)17-14-5-3-4-11(15)10-14/h3-10,16H,2H2,1H3. The van der Waals surface area contributed by atoms with Crippen molar-refractivity contribution in [3.63, 3.8) is 0 Å². The summed E-state index contributed by atoms with van der Waals surface area (Å²) in [5, 5.41) is 3.19. The Morgan fingerprint density at radius 2 is 1.82 bits per heavy atom. The lowest BCUT2D eigenvalue weighted by molar-refractivity contribution is 0.477. The minimum atomic E-state index is -0.299. The van der Waals surface area contributed by atoms with Crippen LogP contribution in [0.5, 0.6) is 11.5 Å². The number of rotatable bonds is 4. The van der Waals surface area contributed by atoms with E-state index >= 15 is 0 Å².